The van der Waals surface area contributed by atoms with Crippen molar-refractivity contribution in [2.24, 2.45) is 0 Å². The molecule has 0 aliphatic heterocycles. The number of alkyl halides is 3. The topological polar surface area (TPSA) is 82.5 Å². The lowest BCUT2D eigenvalue weighted by Gasteiger charge is -2.18. The van der Waals surface area contributed by atoms with Crippen LogP contribution in [0, 0.1) is 5.82 Å². The predicted octanol–water partition coefficient (Wildman–Crippen LogP) is 7.13. The molecular weight excluding hydrogens is 578 g/mol. The molecule has 1 aliphatic rings. The predicted molar refractivity (Wildman–Crippen MR) is 154 cm³/mol. The highest BCUT2D eigenvalue weighted by Crippen LogP contribution is 2.40. The van der Waals surface area contributed by atoms with Crippen molar-refractivity contribution < 1.29 is 36.6 Å². The van der Waals surface area contributed by atoms with Gasteiger partial charge in [-0.3, -0.25) is 14.3 Å². The Hall–Kier alpha value is -4.67. The standard InChI is InChI=1S/C33H31F4N3O4/c34-23-14-16-26(17-15-23)43-21-24(18-31(41)44-20-22-8-2-1-3-9-22)38-32(42)29-19-30(40(39-29)25-10-4-5-11-25)27-12-6-7-13-28(27)33(35,36)37/h1-3,6-9,12-17,19,24-25H,4-5,10-11,18,20-21H2,(H,38,42)/t24-/m1/s1. The third-order valence-corrected chi connectivity index (χ3v) is 7.40. The van der Waals surface area contributed by atoms with E-state index in [0.29, 0.717) is 5.75 Å². The number of nitrogens with one attached hydrogen (secondary N) is 1. The number of rotatable bonds is 11. The molecule has 11 heteroatoms. The molecule has 1 aromatic heterocycles. The quantitative estimate of drug-likeness (QED) is 0.145. The van der Waals surface area contributed by atoms with Gasteiger partial charge in [0.05, 0.1) is 29.8 Å². The van der Waals surface area contributed by atoms with Crippen molar-refractivity contribution in [1.82, 2.24) is 15.1 Å². The number of ether oxygens (including phenoxy) is 2. The molecule has 1 aliphatic carbocycles. The van der Waals surface area contributed by atoms with E-state index in [0.717, 1.165) is 37.3 Å². The Morgan fingerprint density at radius 1 is 0.955 bits per heavy atom. The number of hydrogen-bond donors (Lipinski definition) is 1. The van der Waals surface area contributed by atoms with Crippen LogP contribution in [0.15, 0.2) is 84.9 Å². The summed E-state index contributed by atoms with van der Waals surface area (Å²) in [5.74, 6) is -1.42. The number of halogens is 4. The maximum absolute atomic E-state index is 13.9. The minimum Gasteiger partial charge on any atom is -0.491 e. The number of carbonyl (C=O) groups is 2. The van der Waals surface area contributed by atoms with E-state index < -0.39 is 35.5 Å². The van der Waals surface area contributed by atoms with Gasteiger partial charge < -0.3 is 14.8 Å². The van der Waals surface area contributed by atoms with Crippen LogP contribution in [0.5, 0.6) is 5.75 Å². The maximum Gasteiger partial charge on any atom is 0.417 e. The molecule has 1 amide bonds. The van der Waals surface area contributed by atoms with E-state index in [4.69, 9.17) is 9.47 Å². The SMILES string of the molecule is O=C(C[C@H](COc1ccc(F)cc1)NC(=O)c1cc(-c2ccccc2C(F)(F)F)n(C2CCCC2)n1)OCc1ccccc1. The van der Waals surface area contributed by atoms with Crippen LogP contribution >= 0.6 is 0 Å². The second kappa shape index (κ2) is 13.7. The number of nitrogens with zero attached hydrogens (tertiary/aromatic N) is 2. The molecule has 4 aromatic rings. The summed E-state index contributed by atoms with van der Waals surface area (Å²) < 4.78 is 67.8. The van der Waals surface area contributed by atoms with Gasteiger partial charge in [0.25, 0.3) is 5.91 Å². The van der Waals surface area contributed by atoms with Crippen molar-refractivity contribution in [2.45, 2.75) is 57.0 Å². The first-order valence-electron chi connectivity index (χ1n) is 14.3. The van der Waals surface area contributed by atoms with E-state index in [-0.39, 0.29) is 42.6 Å². The number of aromatic nitrogens is 2. The summed E-state index contributed by atoms with van der Waals surface area (Å²) in [6, 6.07) is 19.8. The monoisotopic (exact) mass is 609 g/mol. The van der Waals surface area contributed by atoms with E-state index in [9.17, 15) is 27.2 Å². The summed E-state index contributed by atoms with van der Waals surface area (Å²) in [5, 5.41) is 7.20. The summed E-state index contributed by atoms with van der Waals surface area (Å²) in [4.78, 5) is 26.2. The van der Waals surface area contributed by atoms with E-state index in [1.807, 2.05) is 18.2 Å². The molecule has 0 unspecified atom stereocenters. The Kier molecular flexibility index (Phi) is 9.62. The van der Waals surface area contributed by atoms with Crippen LogP contribution in [0.1, 0.15) is 59.8 Å². The van der Waals surface area contributed by atoms with Gasteiger partial charge in [0.1, 0.15) is 24.8 Å². The van der Waals surface area contributed by atoms with Gasteiger partial charge >= 0.3 is 12.1 Å². The van der Waals surface area contributed by atoms with Crippen LogP contribution < -0.4 is 10.1 Å². The van der Waals surface area contributed by atoms with Crippen molar-refractivity contribution in [2.75, 3.05) is 6.61 Å². The Morgan fingerprint density at radius 3 is 2.34 bits per heavy atom. The van der Waals surface area contributed by atoms with Gasteiger partial charge in [0, 0.05) is 5.56 Å². The summed E-state index contributed by atoms with van der Waals surface area (Å²) in [5.41, 5.74) is -0.00485. The van der Waals surface area contributed by atoms with E-state index in [1.165, 1.54) is 53.2 Å². The van der Waals surface area contributed by atoms with E-state index in [1.54, 1.807) is 12.1 Å². The van der Waals surface area contributed by atoms with Crippen LogP contribution in [0.3, 0.4) is 0 Å². The molecule has 1 heterocycles. The maximum atomic E-state index is 13.9. The minimum atomic E-state index is -4.60. The van der Waals surface area contributed by atoms with Gasteiger partial charge in [0.15, 0.2) is 5.69 Å². The normalized spacial score (nSPS) is 14.3. The number of benzene rings is 3. The minimum absolute atomic E-state index is 0.0347. The smallest absolute Gasteiger partial charge is 0.417 e. The van der Waals surface area contributed by atoms with E-state index in [2.05, 4.69) is 10.4 Å². The molecule has 1 N–H and O–H groups in total. The highest BCUT2D eigenvalue weighted by molar-refractivity contribution is 5.94. The average Bonchev–Trinajstić information content (AvgIpc) is 3.71. The third-order valence-electron chi connectivity index (χ3n) is 7.40. The van der Waals surface area contributed by atoms with Crippen molar-refractivity contribution >= 4 is 11.9 Å². The van der Waals surface area contributed by atoms with Gasteiger partial charge in [-0.05, 0) is 54.8 Å². The Balaban J connectivity index is 1.38. The molecule has 230 valence electrons. The fraction of sp³-hybridized carbons (Fsp3) is 0.303. The van der Waals surface area contributed by atoms with Crippen LogP contribution in [0.2, 0.25) is 0 Å². The summed E-state index contributed by atoms with van der Waals surface area (Å²) >= 11 is 0. The first-order valence-corrected chi connectivity index (χ1v) is 14.3. The van der Waals surface area contributed by atoms with Crippen molar-refractivity contribution in [3.8, 4) is 17.0 Å². The van der Waals surface area contributed by atoms with Gasteiger partial charge in [-0.2, -0.15) is 18.3 Å². The van der Waals surface area contributed by atoms with E-state index >= 15 is 0 Å². The van der Waals surface area contributed by atoms with Crippen LogP contribution in [0.25, 0.3) is 11.3 Å². The lowest BCUT2D eigenvalue weighted by atomic mass is 10.0. The zero-order valence-electron chi connectivity index (χ0n) is 23.7. The van der Waals surface area contributed by atoms with Crippen LogP contribution in [-0.2, 0) is 22.3 Å². The largest absolute Gasteiger partial charge is 0.491 e. The lowest BCUT2D eigenvalue weighted by molar-refractivity contribution is -0.145. The Bertz CT molecular complexity index is 1570. The fourth-order valence-electron chi connectivity index (χ4n) is 5.22. The highest BCUT2D eigenvalue weighted by Gasteiger charge is 2.35. The Labute approximate surface area is 251 Å². The summed E-state index contributed by atoms with van der Waals surface area (Å²) in [7, 11) is 0. The van der Waals surface area contributed by atoms with Crippen LogP contribution in [-0.4, -0.2) is 34.3 Å². The lowest BCUT2D eigenvalue weighted by Crippen LogP contribution is -2.41. The molecule has 44 heavy (non-hydrogen) atoms. The number of carbonyl (C=O) groups excluding carboxylic acids is 2. The fourth-order valence-corrected chi connectivity index (χ4v) is 5.22. The molecule has 1 fully saturated rings. The third kappa shape index (κ3) is 7.83. The molecule has 7 nitrogen and oxygen atoms in total. The highest BCUT2D eigenvalue weighted by atomic mass is 19.4. The first kappa shape index (κ1) is 30.8. The van der Waals surface area contributed by atoms with Crippen molar-refractivity contribution in [1.29, 1.82) is 0 Å². The summed E-state index contributed by atoms with van der Waals surface area (Å²) in [6.45, 7) is -0.127. The summed E-state index contributed by atoms with van der Waals surface area (Å²) in [6.07, 6.45) is -1.60. The molecule has 0 saturated heterocycles. The Morgan fingerprint density at radius 2 is 1.64 bits per heavy atom. The number of amides is 1. The zero-order valence-corrected chi connectivity index (χ0v) is 23.7. The van der Waals surface area contributed by atoms with Gasteiger partial charge in [-0.25, -0.2) is 4.39 Å². The molecule has 3 aromatic carbocycles. The van der Waals surface area contributed by atoms with Crippen LogP contribution in [0.4, 0.5) is 17.6 Å². The molecule has 0 bridgehead atoms. The van der Waals surface area contributed by atoms with Gasteiger partial charge in [-0.15, -0.1) is 0 Å². The van der Waals surface area contributed by atoms with Crippen molar-refractivity contribution in [3.63, 3.8) is 0 Å². The zero-order chi connectivity index (χ0) is 31.1. The molecule has 1 saturated carbocycles. The second-order valence-corrected chi connectivity index (χ2v) is 10.6. The average molecular weight is 610 g/mol. The second-order valence-electron chi connectivity index (χ2n) is 10.6. The molecule has 0 radical (unpaired) electrons. The van der Waals surface area contributed by atoms with Gasteiger partial charge in [-0.1, -0.05) is 61.4 Å². The number of hydrogen-bond acceptors (Lipinski definition) is 5. The molecule has 5 rings (SSSR count). The van der Waals surface area contributed by atoms with Crippen molar-refractivity contribution in [3.05, 3.63) is 108 Å². The molecule has 0 spiro atoms. The molecule has 1 atom stereocenters. The van der Waals surface area contributed by atoms with Gasteiger partial charge in [0.2, 0.25) is 0 Å². The number of esters is 1. The molecular formula is C33H31F4N3O4. The first-order chi connectivity index (χ1) is 21.2.